The van der Waals surface area contributed by atoms with E-state index in [0.717, 1.165) is 49.7 Å². The molecule has 1 fully saturated rings. The Bertz CT molecular complexity index is 868. The minimum Gasteiger partial charge on any atom is -0.478 e. The van der Waals surface area contributed by atoms with Gasteiger partial charge < -0.3 is 9.52 Å². The molecular formula is C20H21N3O3. The molecule has 0 unspecified atom stereocenters. The fourth-order valence-electron chi connectivity index (χ4n) is 3.56. The average molecular weight is 351 g/mol. The van der Waals surface area contributed by atoms with Crippen molar-refractivity contribution in [1.29, 1.82) is 0 Å². The van der Waals surface area contributed by atoms with Crippen LogP contribution in [0.5, 0.6) is 0 Å². The number of benzene rings is 1. The van der Waals surface area contributed by atoms with Crippen LogP contribution in [0.1, 0.15) is 28.1 Å². The molecule has 0 saturated carbocycles. The Morgan fingerprint density at radius 2 is 2.08 bits per heavy atom. The van der Waals surface area contributed by atoms with Crippen molar-refractivity contribution in [1.82, 2.24) is 15.1 Å². The number of rotatable bonds is 6. The minimum atomic E-state index is -0.878. The molecule has 4 rings (SSSR count). The maximum atomic E-state index is 10.9. The van der Waals surface area contributed by atoms with Crippen LogP contribution in [0.15, 0.2) is 53.1 Å². The molecule has 1 atom stereocenters. The summed E-state index contributed by atoms with van der Waals surface area (Å²) < 4.78 is 5.91. The molecule has 1 saturated heterocycles. The lowest BCUT2D eigenvalue weighted by molar-refractivity contribution is 0.0697. The van der Waals surface area contributed by atoms with Crippen LogP contribution in [0.25, 0.3) is 11.5 Å². The smallest absolute Gasteiger partial charge is 0.335 e. The first-order valence-corrected chi connectivity index (χ1v) is 8.80. The predicted octanol–water partition coefficient (Wildman–Crippen LogP) is 3.43. The number of H-pyrrole nitrogens is 1. The number of likely N-dealkylation sites (tertiary alicyclic amines) is 1. The van der Waals surface area contributed by atoms with Gasteiger partial charge in [-0.25, -0.2) is 4.79 Å². The van der Waals surface area contributed by atoms with Gasteiger partial charge in [-0.15, -0.1) is 0 Å². The van der Waals surface area contributed by atoms with Crippen molar-refractivity contribution in [2.24, 2.45) is 5.92 Å². The number of nitrogens with one attached hydrogen (secondary N) is 1. The van der Waals surface area contributed by atoms with Crippen LogP contribution < -0.4 is 0 Å². The van der Waals surface area contributed by atoms with Gasteiger partial charge in [0.05, 0.1) is 12.1 Å². The monoisotopic (exact) mass is 351 g/mol. The summed E-state index contributed by atoms with van der Waals surface area (Å²) in [5.74, 6) is 1.48. The van der Waals surface area contributed by atoms with Crippen LogP contribution in [0.3, 0.4) is 0 Å². The third kappa shape index (κ3) is 3.70. The van der Waals surface area contributed by atoms with E-state index in [9.17, 15) is 4.79 Å². The summed E-state index contributed by atoms with van der Waals surface area (Å²) in [6.45, 7) is 2.89. The Morgan fingerprint density at radius 1 is 1.23 bits per heavy atom. The number of aromatic carboxylic acids is 1. The zero-order chi connectivity index (χ0) is 17.9. The van der Waals surface area contributed by atoms with Crippen molar-refractivity contribution in [2.75, 3.05) is 13.1 Å². The Hall–Kier alpha value is -2.86. The Kier molecular flexibility index (Phi) is 4.58. The second-order valence-corrected chi connectivity index (χ2v) is 6.83. The summed E-state index contributed by atoms with van der Waals surface area (Å²) in [7, 11) is 0. The van der Waals surface area contributed by atoms with E-state index in [0.29, 0.717) is 11.5 Å². The molecule has 2 N–H and O–H groups in total. The SMILES string of the molecule is O=C(O)c1ccc(C[C@H]2CCN(Cc3ccc(-c4ccn[nH]4)o3)C2)cc1. The number of hydrogen-bond acceptors (Lipinski definition) is 4. The number of hydrogen-bond donors (Lipinski definition) is 2. The van der Waals surface area contributed by atoms with Crippen molar-refractivity contribution in [2.45, 2.75) is 19.4 Å². The van der Waals surface area contributed by atoms with Gasteiger partial charge in [0, 0.05) is 12.7 Å². The fraction of sp³-hybridized carbons (Fsp3) is 0.300. The van der Waals surface area contributed by atoms with Gasteiger partial charge in [0.15, 0.2) is 5.76 Å². The maximum Gasteiger partial charge on any atom is 0.335 e. The minimum absolute atomic E-state index is 0.340. The molecule has 0 aliphatic carbocycles. The zero-order valence-corrected chi connectivity index (χ0v) is 14.4. The highest BCUT2D eigenvalue weighted by Crippen LogP contribution is 2.25. The molecule has 6 nitrogen and oxygen atoms in total. The Labute approximate surface area is 151 Å². The molecule has 6 heteroatoms. The van der Waals surface area contributed by atoms with Crippen molar-refractivity contribution in [3.05, 3.63) is 65.5 Å². The Morgan fingerprint density at radius 3 is 2.81 bits per heavy atom. The highest BCUT2D eigenvalue weighted by atomic mass is 16.4. The molecule has 1 aromatic carbocycles. The van der Waals surface area contributed by atoms with E-state index in [1.807, 2.05) is 30.3 Å². The highest BCUT2D eigenvalue weighted by Gasteiger charge is 2.23. The van der Waals surface area contributed by atoms with Crippen molar-refractivity contribution < 1.29 is 14.3 Å². The van der Waals surface area contributed by atoms with Crippen LogP contribution in [0.4, 0.5) is 0 Å². The van der Waals surface area contributed by atoms with Crippen LogP contribution in [0, 0.1) is 5.92 Å². The van der Waals surface area contributed by atoms with Crippen molar-refractivity contribution in [3.8, 4) is 11.5 Å². The van der Waals surface area contributed by atoms with Crippen LogP contribution in [0.2, 0.25) is 0 Å². The Balaban J connectivity index is 1.32. The van der Waals surface area contributed by atoms with Gasteiger partial charge in [0.25, 0.3) is 0 Å². The molecule has 0 radical (unpaired) electrons. The molecule has 3 aromatic rings. The number of nitrogens with zero attached hydrogens (tertiary/aromatic N) is 2. The molecule has 1 aliphatic rings. The van der Waals surface area contributed by atoms with Crippen molar-refractivity contribution in [3.63, 3.8) is 0 Å². The lowest BCUT2D eigenvalue weighted by Crippen LogP contribution is -2.20. The third-order valence-corrected chi connectivity index (χ3v) is 4.90. The first-order chi connectivity index (χ1) is 12.7. The number of carboxylic acids is 1. The summed E-state index contributed by atoms with van der Waals surface area (Å²) in [6.07, 6.45) is 3.84. The second-order valence-electron chi connectivity index (χ2n) is 6.83. The van der Waals surface area contributed by atoms with Gasteiger partial charge in [0.1, 0.15) is 11.5 Å². The number of aromatic nitrogens is 2. The molecule has 134 valence electrons. The average Bonchev–Trinajstić information content (AvgIpc) is 3.37. The lowest BCUT2D eigenvalue weighted by Gasteiger charge is -2.14. The summed E-state index contributed by atoms with van der Waals surface area (Å²) in [6, 6.07) is 13.1. The molecule has 3 heterocycles. The van der Waals surface area contributed by atoms with E-state index in [1.54, 1.807) is 18.3 Å². The summed E-state index contributed by atoms with van der Waals surface area (Å²) in [5, 5.41) is 15.8. The van der Waals surface area contributed by atoms with E-state index in [2.05, 4.69) is 15.1 Å². The maximum absolute atomic E-state index is 10.9. The van der Waals surface area contributed by atoms with Gasteiger partial charge in [-0.05, 0) is 61.2 Å². The van der Waals surface area contributed by atoms with E-state index in [-0.39, 0.29) is 0 Å². The van der Waals surface area contributed by atoms with Crippen molar-refractivity contribution >= 4 is 5.97 Å². The molecule has 0 bridgehead atoms. The van der Waals surface area contributed by atoms with Gasteiger partial charge in [-0.1, -0.05) is 12.1 Å². The van der Waals surface area contributed by atoms with E-state index in [4.69, 9.17) is 9.52 Å². The standard InChI is InChI=1S/C20H21N3O3/c24-20(25)16-3-1-14(2-4-16)11-15-8-10-23(12-15)13-17-5-6-19(26-17)18-7-9-21-22-18/h1-7,9,15H,8,10-13H2,(H,21,22)(H,24,25)/t15-/m1/s1. The van der Waals surface area contributed by atoms with Crippen LogP contribution in [-0.2, 0) is 13.0 Å². The van der Waals surface area contributed by atoms with E-state index < -0.39 is 5.97 Å². The molecule has 1 aliphatic heterocycles. The normalized spacial score (nSPS) is 17.6. The second kappa shape index (κ2) is 7.17. The molecular weight excluding hydrogens is 330 g/mol. The predicted molar refractivity (Wildman–Crippen MR) is 96.8 cm³/mol. The summed E-state index contributed by atoms with van der Waals surface area (Å²) in [5.41, 5.74) is 2.43. The summed E-state index contributed by atoms with van der Waals surface area (Å²) >= 11 is 0. The van der Waals surface area contributed by atoms with Gasteiger partial charge in [-0.2, -0.15) is 5.10 Å². The first-order valence-electron chi connectivity index (χ1n) is 8.80. The van der Waals surface area contributed by atoms with Crippen LogP contribution in [-0.4, -0.2) is 39.3 Å². The van der Waals surface area contributed by atoms with E-state index in [1.165, 1.54) is 5.56 Å². The summed E-state index contributed by atoms with van der Waals surface area (Å²) in [4.78, 5) is 13.3. The molecule has 26 heavy (non-hydrogen) atoms. The number of furan rings is 1. The third-order valence-electron chi connectivity index (χ3n) is 4.90. The highest BCUT2D eigenvalue weighted by molar-refractivity contribution is 5.87. The van der Waals surface area contributed by atoms with Gasteiger partial charge in [0.2, 0.25) is 0 Å². The number of carboxylic acid groups (broad SMARTS) is 1. The number of carbonyl (C=O) groups is 1. The van der Waals surface area contributed by atoms with Gasteiger partial charge in [-0.3, -0.25) is 10.00 Å². The molecule has 0 spiro atoms. The molecule has 2 aromatic heterocycles. The van der Waals surface area contributed by atoms with Gasteiger partial charge >= 0.3 is 5.97 Å². The lowest BCUT2D eigenvalue weighted by atomic mass is 9.98. The quantitative estimate of drug-likeness (QED) is 0.711. The topological polar surface area (TPSA) is 82.4 Å². The largest absolute Gasteiger partial charge is 0.478 e. The van der Waals surface area contributed by atoms with Crippen LogP contribution >= 0.6 is 0 Å². The molecule has 0 amide bonds. The van der Waals surface area contributed by atoms with E-state index >= 15 is 0 Å². The zero-order valence-electron chi connectivity index (χ0n) is 14.4. The first kappa shape index (κ1) is 16.6. The fourth-order valence-corrected chi connectivity index (χ4v) is 3.56. The number of aromatic amines is 1.